The average molecular weight is 577 g/mol. The Bertz CT molecular complexity index is 1550. The van der Waals surface area contributed by atoms with Crippen molar-refractivity contribution in [2.24, 2.45) is 4.99 Å². The molecule has 14 heteroatoms. The summed E-state index contributed by atoms with van der Waals surface area (Å²) in [7, 11) is 1.83. The van der Waals surface area contributed by atoms with Gasteiger partial charge in [0.15, 0.2) is 16.9 Å². The van der Waals surface area contributed by atoms with E-state index in [1.807, 2.05) is 50.1 Å². The molecule has 2 spiro atoms. The number of anilines is 1. The van der Waals surface area contributed by atoms with Crippen LogP contribution in [0.15, 0.2) is 53.5 Å². The van der Waals surface area contributed by atoms with Crippen LogP contribution in [0.4, 0.5) is 16.2 Å². The number of nitro benzene ring substituents is 1. The Morgan fingerprint density at radius 2 is 1.78 bits per heavy atom. The lowest BCUT2D eigenvalue weighted by Crippen LogP contribution is -2.65. The Balaban J connectivity index is 1.43. The number of hydrazine groups is 1. The molecule has 5 aliphatic rings. The van der Waals surface area contributed by atoms with Crippen molar-refractivity contribution in [3.05, 3.63) is 69.8 Å². The third kappa shape index (κ3) is 3.04. The summed E-state index contributed by atoms with van der Waals surface area (Å²) in [4.78, 5) is 63.3. The number of rotatable bonds is 4. The molecular weight excluding hydrogens is 548 g/mol. The van der Waals surface area contributed by atoms with Crippen LogP contribution in [0.3, 0.4) is 0 Å². The Labute approximate surface area is 239 Å². The number of fused-ring (bicyclic) bond motifs is 5. The summed E-state index contributed by atoms with van der Waals surface area (Å²) in [6.45, 7) is 4.99. The molecule has 41 heavy (non-hydrogen) atoms. The van der Waals surface area contributed by atoms with Crippen LogP contribution in [0.25, 0.3) is 0 Å². The number of para-hydroxylation sites is 1. The summed E-state index contributed by atoms with van der Waals surface area (Å²) >= 11 is 1.24. The van der Waals surface area contributed by atoms with E-state index in [2.05, 4.69) is 10.7 Å². The number of benzene rings is 2. The Kier molecular flexibility index (Phi) is 5.53. The van der Waals surface area contributed by atoms with E-state index < -0.39 is 33.5 Å². The van der Waals surface area contributed by atoms with E-state index in [0.717, 1.165) is 0 Å². The molecule has 0 radical (unpaired) electrons. The van der Waals surface area contributed by atoms with Crippen molar-refractivity contribution in [1.29, 1.82) is 0 Å². The molecule has 7 rings (SSSR count). The van der Waals surface area contributed by atoms with Gasteiger partial charge in [-0.2, -0.15) is 5.43 Å². The number of nitrogens with one attached hydrogen (secondary N) is 2. The fraction of sp³-hybridized carbons (Fsp3) is 0.407. The first-order chi connectivity index (χ1) is 19.7. The van der Waals surface area contributed by atoms with Gasteiger partial charge in [-0.3, -0.25) is 29.5 Å². The van der Waals surface area contributed by atoms with Crippen LogP contribution in [-0.2, 0) is 15.1 Å². The van der Waals surface area contributed by atoms with Crippen molar-refractivity contribution in [2.45, 2.75) is 42.4 Å². The second-order valence-electron chi connectivity index (χ2n) is 10.7. The normalized spacial score (nSPS) is 32.1. The van der Waals surface area contributed by atoms with E-state index in [1.54, 1.807) is 21.9 Å². The highest BCUT2D eigenvalue weighted by Crippen LogP contribution is 2.66. The maximum atomic E-state index is 14.9. The number of non-ortho nitro benzene ring substituents is 1. The minimum Gasteiger partial charge on any atom is -0.324 e. The van der Waals surface area contributed by atoms with Crippen molar-refractivity contribution >= 4 is 46.1 Å². The third-order valence-corrected chi connectivity index (χ3v) is 10.6. The SMILES string of the molecule is CCN1C(=O)N(CC)C2NN3C(=O)C4(SC3=NC21)C(c1ccc([N+](=O)[O-])cc1)CN(C)C41C(=O)Nc2ccccc21. The molecule has 5 heterocycles. The van der Waals surface area contributed by atoms with Gasteiger partial charge >= 0.3 is 6.03 Å². The predicted molar refractivity (Wildman–Crippen MR) is 151 cm³/mol. The highest BCUT2D eigenvalue weighted by atomic mass is 32.2. The van der Waals surface area contributed by atoms with Gasteiger partial charge in [0.25, 0.3) is 17.5 Å². The molecule has 0 aromatic heterocycles. The summed E-state index contributed by atoms with van der Waals surface area (Å²) in [5.74, 6) is -1.19. The number of amides is 4. The molecule has 5 aliphatic heterocycles. The quantitative estimate of drug-likeness (QED) is 0.416. The van der Waals surface area contributed by atoms with Crippen molar-refractivity contribution in [3.8, 4) is 0 Å². The van der Waals surface area contributed by atoms with Gasteiger partial charge in [0.05, 0.1) is 4.92 Å². The monoisotopic (exact) mass is 576 g/mol. The third-order valence-electron chi connectivity index (χ3n) is 9.04. The molecule has 2 aromatic carbocycles. The molecule has 4 amide bonds. The fourth-order valence-electron chi connectivity index (χ4n) is 7.27. The number of hydrogen-bond donors (Lipinski definition) is 2. The van der Waals surface area contributed by atoms with Crippen LogP contribution in [0.5, 0.6) is 0 Å². The van der Waals surface area contributed by atoms with E-state index >= 15 is 0 Å². The molecular formula is C27H28N8O5S. The lowest BCUT2D eigenvalue weighted by molar-refractivity contribution is -0.384. The molecule has 212 valence electrons. The topological polar surface area (TPSA) is 144 Å². The molecule has 5 atom stereocenters. The zero-order valence-electron chi connectivity index (χ0n) is 22.6. The number of carbonyl (C=O) groups excluding carboxylic acids is 3. The second kappa shape index (κ2) is 8.74. The number of likely N-dealkylation sites (N-methyl/N-ethyl adjacent to an activating group) is 3. The number of aliphatic imine (C=N–C) groups is 1. The van der Waals surface area contributed by atoms with Crippen LogP contribution in [0, 0.1) is 10.1 Å². The summed E-state index contributed by atoms with van der Waals surface area (Å²) < 4.78 is -1.41. The second-order valence-corrected chi connectivity index (χ2v) is 11.9. The zero-order chi connectivity index (χ0) is 28.8. The molecule has 0 aliphatic carbocycles. The molecule has 13 nitrogen and oxygen atoms in total. The van der Waals surface area contributed by atoms with Gasteiger partial charge in [-0.15, -0.1) is 0 Å². The Hall–Kier alpha value is -4.01. The highest BCUT2D eigenvalue weighted by molar-refractivity contribution is 8.16. The van der Waals surface area contributed by atoms with Crippen LogP contribution >= 0.6 is 11.8 Å². The number of thioether (sulfide) groups is 1. The lowest BCUT2D eigenvalue weighted by atomic mass is 9.72. The average Bonchev–Trinajstić information content (AvgIpc) is 3.61. The molecule has 2 N–H and O–H groups in total. The maximum absolute atomic E-state index is 14.9. The number of carbonyl (C=O) groups is 3. The van der Waals surface area contributed by atoms with Crippen molar-refractivity contribution in [2.75, 3.05) is 32.0 Å². The molecule has 0 bridgehead atoms. The predicted octanol–water partition coefficient (Wildman–Crippen LogP) is 2.09. The van der Waals surface area contributed by atoms with E-state index in [0.29, 0.717) is 41.6 Å². The number of urea groups is 1. The lowest BCUT2D eigenvalue weighted by Gasteiger charge is -2.41. The van der Waals surface area contributed by atoms with E-state index in [1.165, 1.54) is 28.9 Å². The first-order valence-electron chi connectivity index (χ1n) is 13.5. The Morgan fingerprint density at radius 1 is 1.07 bits per heavy atom. The van der Waals surface area contributed by atoms with Crippen molar-refractivity contribution in [3.63, 3.8) is 0 Å². The number of nitrogens with zero attached hydrogens (tertiary/aromatic N) is 6. The van der Waals surface area contributed by atoms with Gasteiger partial charge in [0.2, 0.25) is 0 Å². The van der Waals surface area contributed by atoms with Gasteiger partial charge in [0, 0.05) is 48.9 Å². The zero-order valence-corrected chi connectivity index (χ0v) is 23.4. The molecule has 2 aromatic rings. The van der Waals surface area contributed by atoms with Crippen LogP contribution in [-0.4, -0.2) is 91.4 Å². The van der Waals surface area contributed by atoms with E-state index in [9.17, 15) is 24.5 Å². The highest BCUT2D eigenvalue weighted by Gasteiger charge is 2.78. The fourth-order valence-corrected chi connectivity index (χ4v) is 8.98. The van der Waals surface area contributed by atoms with Gasteiger partial charge in [-0.05, 0) is 32.5 Å². The molecule has 0 saturated carbocycles. The van der Waals surface area contributed by atoms with Gasteiger partial charge < -0.3 is 10.2 Å². The van der Waals surface area contributed by atoms with Gasteiger partial charge in [-0.25, -0.2) is 14.8 Å². The first kappa shape index (κ1) is 25.9. The van der Waals surface area contributed by atoms with Crippen molar-refractivity contribution < 1.29 is 19.3 Å². The summed E-state index contributed by atoms with van der Waals surface area (Å²) in [5, 5.41) is 16.2. The molecule has 3 saturated heterocycles. The number of likely N-dealkylation sites (tertiary alicyclic amines) is 1. The Morgan fingerprint density at radius 3 is 2.46 bits per heavy atom. The summed E-state index contributed by atoms with van der Waals surface area (Å²) in [5.41, 5.74) is 3.88. The van der Waals surface area contributed by atoms with Gasteiger partial charge in [-0.1, -0.05) is 42.1 Å². The summed E-state index contributed by atoms with van der Waals surface area (Å²) in [6, 6.07) is 13.4. The number of hydrogen-bond acceptors (Lipinski definition) is 9. The minimum absolute atomic E-state index is 0.0570. The summed E-state index contributed by atoms with van der Waals surface area (Å²) in [6.07, 6.45) is -1.08. The standard InChI is InChI=1S/C27H28N8O5S/c1-4-32-20-21(33(5-2)25(32)38)30-34-23(37)27(41-24(34)29-20)18(15-10-12-16(13-11-15)35(39)40)14-31(3)26(27)17-8-6-7-9-19(17)28-22(26)36/h6-13,18,20-21,30H,4-5,14H2,1-3H3,(H,28,36). The van der Waals surface area contributed by atoms with Gasteiger partial charge in [0.1, 0.15) is 10.9 Å². The van der Waals surface area contributed by atoms with E-state index in [4.69, 9.17) is 4.99 Å². The first-order valence-corrected chi connectivity index (χ1v) is 14.3. The van der Waals surface area contributed by atoms with Crippen LogP contribution in [0.1, 0.15) is 30.9 Å². The maximum Gasteiger partial charge on any atom is 0.323 e. The molecule has 5 unspecified atom stereocenters. The largest absolute Gasteiger partial charge is 0.324 e. The van der Waals surface area contributed by atoms with Crippen LogP contribution < -0.4 is 10.7 Å². The van der Waals surface area contributed by atoms with E-state index in [-0.39, 0.29) is 23.5 Å². The van der Waals surface area contributed by atoms with Crippen molar-refractivity contribution in [1.82, 2.24) is 25.1 Å². The number of amidine groups is 1. The number of nitro groups is 1. The molecule has 3 fully saturated rings. The van der Waals surface area contributed by atoms with Crippen LogP contribution in [0.2, 0.25) is 0 Å². The minimum atomic E-state index is -1.41. The smallest absolute Gasteiger partial charge is 0.323 e.